The van der Waals surface area contributed by atoms with E-state index in [1.54, 1.807) is 6.07 Å². The molecule has 0 fully saturated rings. The summed E-state index contributed by atoms with van der Waals surface area (Å²) >= 11 is 9.30. The molecule has 2 aromatic carbocycles. The van der Waals surface area contributed by atoms with E-state index in [1.807, 2.05) is 31.2 Å². The fraction of sp³-hybridized carbons (Fsp3) is 0.143. The molecule has 0 heterocycles. The van der Waals surface area contributed by atoms with Crippen molar-refractivity contribution in [2.24, 2.45) is 0 Å². The van der Waals surface area contributed by atoms with Gasteiger partial charge in [0, 0.05) is 16.6 Å². The summed E-state index contributed by atoms with van der Waals surface area (Å²) in [6, 6.07) is 10.7. The van der Waals surface area contributed by atoms with Crippen LogP contribution in [0.15, 0.2) is 40.9 Å². The van der Waals surface area contributed by atoms with Crippen LogP contribution in [0.2, 0.25) is 5.02 Å². The lowest BCUT2D eigenvalue weighted by Gasteiger charge is -2.10. The third-order valence-corrected chi connectivity index (χ3v) is 3.43. The highest BCUT2D eigenvalue weighted by atomic mass is 79.9. The maximum absolute atomic E-state index is 13.6. The number of hydrogen-bond acceptors (Lipinski definition) is 1. The summed E-state index contributed by atoms with van der Waals surface area (Å²) in [4.78, 5) is 0. The molecule has 0 saturated heterocycles. The molecule has 18 heavy (non-hydrogen) atoms. The highest BCUT2D eigenvalue weighted by Crippen LogP contribution is 2.24. The Kier molecular flexibility index (Phi) is 4.25. The van der Waals surface area contributed by atoms with Crippen molar-refractivity contribution >= 4 is 33.2 Å². The topological polar surface area (TPSA) is 12.0 Å². The summed E-state index contributed by atoms with van der Waals surface area (Å²) < 4.78 is 14.4. The predicted octanol–water partition coefficient (Wildman–Crippen LogP) is 5.16. The zero-order valence-electron chi connectivity index (χ0n) is 9.81. The van der Waals surface area contributed by atoms with Gasteiger partial charge in [-0.3, -0.25) is 0 Å². The number of hydrogen-bond donors (Lipinski definition) is 1. The molecular weight excluding hydrogens is 317 g/mol. The Hall–Kier alpha value is -1.06. The Balaban J connectivity index is 2.13. The zero-order valence-corrected chi connectivity index (χ0v) is 12.1. The van der Waals surface area contributed by atoms with E-state index in [0.717, 1.165) is 15.7 Å². The molecule has 0 aliphatic heterocycles. The number of benzene rings is 2. The molecule has 1 nitrogen and oxygen atoms in total. The highest BCUT2D eigenvalue weighted by molar-refractivity contribution is 9.10. The molecule has 0 aliphatic carbocycles. The van der Waals surface area contributed by atoms with Crippen molar-refractivity contribution in [3.63, 3.8) is 0 Å². The van der Waals surface area contributed by atoms with E-state index in [9.17, 15) is 4.39 Å². The van der Waals surface area contributed by atoms with Gasteiger partial charge in [-0.05, 0) is 36.8 Å². The normalized spacial score (nSPS) is 10.4. The quantitative estimate of drug-likeness (QED) is 0.820. The van der Waals surface area contributed by atoms with Crippen molar-refractivity contribution in [1.29, 1.82) is 0 Å². The molecule has 2 aromatic rings. The molecule has 0 bridgehead atoms. The second-order valence-corrected chi connectivity index (χ2v) is 5.40. The molecule has 4 heteroatoms. The Morgan fingerprint density at radius 2 is 2.00 bits per heavy atom. The van der Waals surface area contributed by atoms with Crippen molar-refractivity contribution in [1.82, 2.24) is 0 Å². The van der Waals surface area contributed by atoms with Gasteiger partial charge in [-0.1, -0.05) is 39.7 Å². The van der Waals surface area contributed by atoms with Crippen LogP contribution < -0.4 is 5.32 Å². The summed E-state index contributed by atoms with van der Waals surface area (Å²) in [6.07, 6.45) is 0. The van der Waals surface area contributed by atoms with Crippen LogP contribution in [0.5, 0.6) is 0 Å². The molecule has 0 amide bonds. The van der Waals surface area contributed by atoms with Crippen molar-refractivity contribution in [3.05, 3.63) is 62.8 Å². The number of aryl methyl sites for hydroxylation is 1. The second-order valence-electron chi connectivity index (χ2n) is 4.07. The minimum Gasteiger partial charge on any atom is -0.380 e. The first-order valence-electron chi connectivity index (χ1n) is 5.50. The Labute approximate surface area is 119 Å². The maximum Gasteiger partial charge on any atom is 0.129 e. The van der Waals surface area contributed by atoms with E-state index in [1.165, 1.54) is 6.07 Å². The Morgan fingerprint density at radius 1 is 1.22 bits per heavy atom. The molecule has 0 radical (unpaired) electrons. The smallest absolute Gasteiger partial charge is 0.129 e. The first-order chi connectivity index (χ1) is 8.56. The van der Waals surface area contributed by atoms with E-state index in [0.29, 0.717) is 17.1 Å². The molecule has 94 valence electrons. The van der Waals surface area contributed by atoms with Gasteiger partial charge < -0.3 is 5.32 Å². The van der Waals surface area contributed by atoms with Crippen LogP contribution in [0.3, 0.4) is 0 Å². The lowest BCUT2D eigenvalue weighted by molar-refractivity contribution is 0.612. The molecule has 0 atom stereocenters. The molecule has 1 N–H and O–H groups in total. The van der Waals surface area contributed by atoms with Crippen LogP contribution in [-0.4, -0.2) is 0 Å². The zero-order chi connectivity index (χ0) is 13.1. The van der Waals surface area contributed by atoms with Gasteiger partial charge in [0.2, 0.25) is 0 Å². The second kappa shape index (κ2) is 5.72. The molecule has 2 rings (SSSR count). The third kappa shape index (κ3) is 3.24. The fourth-order valence-corrected chi connectivity index (χ4v) is 2.15. The minimum atomic E-state index is -0.236. The first kappa shape index (κ1) is 13.4. The lowest BCUT2D eigenvalue weighted by Crippen LogP contribution is -2.02. The number of rotatable bonds is 3. The summed E-state index contributed by atoms with van der Waals surface area (Å²) in [5.41, 5.74) is 2.54. The van der Waals surface area contributed by atoms with Crippen LogP contribution >= 0.6 is 27.5 Å². The molecule has 0 unspecified atom stereocenters. The van der Waals surface area contributed by atoms with Crippen LogP contribution in [0.1, 0.15) is 11.1 Å². The average Bonchev–Trinajstić information content (AvgIpc) is 2.32. The number of nitrogens with one attached hydrogen (secondary N) is 1. The van der Waals surface area contributed by atoms with Gasteiger partial charge in [0.05, 0.1) is 10.7 Å². The summed E-state index contributed by atoms with van der Waals surface area (Å²) in [5, 5.41) is 3.78. The summed E-state index contributed by atoms with van der Waals surface area (Å²) in [6.45, 7) is 2.39. The summed E-state index contributed by atoms with van der Waals surface area (Å²) in [7, 11) is 0. The van der Waals surface area contributed by atoms with Crippen LogP contribution in [0.25, 0.3) is 0 Å². The van der Waals surface area contributed by atoms with E-state index in [2.05, 4.69) is 21.2 Å². The van der Waals surface area contributed by atoms with E-state index in [4.69, 9.17) is 11.6 Å². The molecular formula is C14H12BrClFN. The van der Waals surface area contributed by atoms with Gasteiger partial charge in [0.15, 0.2) is 0 Å². The number of anilines is 1. The molecule has 0 aromatic heterocycles. The van der Waals surface area contributed by atoms with Gasteiger partial charge in [-0.25, -0.2) is 4.39 Å². The van der Waals surface area contributed by atoms with Crippen LogP contribution in [0, 0.1) is 12.7 Å². The minimum absolute atomic E-state index is 0.236. The van der Waals surface area contributed by atoms with Gasteiger partial charge >= 0.3 is 0 Å². The van der Waals surface area contributed by atoms with Crippen molar-refractivity contribution in [2.45, 2.75) is 13.5 Å². The largest absolute Gasteiger partial charge is 0.380 e. The van der Waals surface area contributed by atoms with E-state index in [-0.39, 0.29) is 5.82 Å². The standard InChI is InChI=1S/C14H12BrClFN/c1-9-2-5-12(16)14(6-9)18-8-10-3-4-11(15)7-13(10)17/h2-7,18H,8H2,1H3. The summed E-state index contributed by atoms with van der Waals surface area (Å²) in [5.74, 6) is -0.236. The monoisotopic (exact) mass is 327 g/mol. The third-order valence-electron chi connectivity index (χ3n) is 2.61. The Bertz CT molecular complexity index is 572. The molecule has 0 spiro atoms. The first-order valence-corrected chi connectivity index (χ1v) is 6.67. The van der Waals surface area contributed by atoms with E-state index >= 15 is 0 Å². The van der Waals surface area contributed by atoms with Crippen molar-refractivity contribution < 1.29 is 4.39 Å². The van der Waals surface area contributed by atoms with Crippen LogP contribution in [0.4, 0.5) is 10.1 Å². The number of halogens is 3. The molecule has 0 aliphatic rings. The average molecular weight is 329 g/mol. The Morgan fingerprint density at radius 3 is 2.72 bits per heavy atom. The van der Waals surface area contributed by atoms with Crippen molar-refractivity contribution in [3.8, 4) is 0 Å². The fourth-order valence-electron chi connectivity index (χ4n) is 1.63. The predicted molar refractivity (Wildman–Crippen MR) is 77.6 cm³/mol. The van der Waals surface area contributed by atoms with E-state index < -0.39 is 0 Å². The van der Waals surface area contributed by atoms with Crippen molar-refractivity contribution in [2.75, 3.05) is 5.32 Å². The molecule has 0 saturated carbocycles. The SMILES string of the molecule is Cc1ccc(Cl)c(NCc2ccc(Br)cc2F)c1. The van der Waals surface area contributed by atoms with Gasteiger partial charge in [0.25, 0.3) is 0 Å². The highest BCUT2D eigenvalue weighted by Gasteiger charge is 2.04. The lowest BCUT2D eigenvalue weighted by atomic mass is 10.2. The van der Waals surface area contributed by atoms with Crippen LogP contribution in [-0.2, 0) is 6.54 Å². The maximum atomic E-state index is 13.6. The van der Waals surface area contributed by atoms with Gasteiger partial charge in [-0.2, -0.15) is 0 Å². The van der Waals surface area contributed by atoms with Gasteiger partial charge in [0.1, 0.15) is 5.82 Å². The van der Waals surface area contributed by atoms with Gasteiger partial charge in [-0.15, -0.1) is 0 Å².